The lowest BCUT2D eigenvalue weighted by Gasteiger charge is -2.23. The Morgan fingerprint density at radius 2 is 1.80 bits per heavy atom. The van der Waals surface area contributed by atoms with Gasteiger partial charge in [0, 0.05) is 18.7 Å². The molecule has 4 nitrogen and oxygen atoms in total. The first-order chi connectivity index (χ1) is 9.43. The van der Waals surface area contributed by atoms with Crippen molar-refractivity contribution in [2.24, 2.45) is 0 Å². The van der Waals surface area contributed by atoms with Crippen molar-refractivity contribution in [3.8, 4) is 0 Å². The highest BCUT2D eigenvalue weighted by atomic mass is 16.4. The standard InChI is InChI=1S/C16H21NO3/c1-16(2,15(19)20)12-7-9-13(10-8-12)17-11-5-3-4-6-14(17)18/h7-10H,3-6,11H2,1-2H3,(H,19,20). The average Bonchev–Trinajstić information content (AvgIpc) is 2.63. The largest absolute Gasteiger partial charge is 0.481 e. The number of carbonyl (C=O) groups excluding carboxylic acids is 1. The van der Waals surface area contributed by atoms with Crippen molar-refractivity contribution in [1.29, 1.82) is 0 Å². The lowest BCUT2D eigenvalue weighted by atomic mass is 9.85. The zero-order chi connectivity index (χ0) is 14.8. The highest BCUT2D eigenvalue weighted by Crippen LogP contribution is 2.27. The summed E-state index contributed by atoms with van der Waals surface area (Å²) < 4.78 is 0. The van der Waals surface area contributed by atoms with Gasteiger partial charge < -0.3 is 10.0 Å². The van der Waals surface area contributed by atoms with Crippen LogP contribution >= 0.6 is 0 Å². The van der Waals surface area contributed by atoms with Crippen LogP contribution in [0.3, 0.4) is 0 Å². The van der Waals surface area contributed by atoms with Gasteiger partial charge in [-0.1, -0.05) is 18.6 Å². The number of carboxylic acid groups (broad SMARTS) is 1. The number of nitrogens with zero attached hydrogens (tertiary/aromatic N) is 1. The molecule has 108 valence electrons. The molecule has 1 fully saturated rings. The number of aliphatic carboxylic acids is 1. The fourth-order valence-electron chi connectivity index (χ4n) is 2.44. The van der Waals surface area contributed by atoms with Gasteiger partial charge in [-0.3, -0.25) is 9.59 Å². The maximum Gasteiger partial charge on any atom is 0.313 e. The summed E-state index contributed by atoms with van der Waals surface area (Å²) in [6.45, 7) is 4.11. The van der Waals surface area contributed by atoms with Crippen LogP contribution < -0.4 is 4.90 Å². The molecule has 4 heteroatoms. The summed E-state index contributed by atoms with van der Waals surface area (Å²) in [7, 11) is 0. The van der Waals surface area contributed by atoms with Crippen LogP contribution in [0.2, 0.25) is 0 Å². The van der Waals surface area contributed by atoms with Gasteiger partial charge in [-0.2, -0.15) is 0 Å². The number of hydrogen-bond acceptors (Lipinski definition) is 2. The highest BCUT2D eigenvalue weighted by Gasteiger charge is 2.29. The van der Waals surface area contributed by atoms with Crippen LogP contribution in [0.1, 0.15) is 45.1 Å². The average molecular weight is 275 g/mol. The molecule has 0 unspecified atom stereocenters. The van der Waals surface area contributed by atoms with Crippen molar-refractivity contribution in [2.75, 3.05) is 11.4 Å². The molecule has 2 rings (SSSR count). The molecule has 1 aromatic carbocycles. The predicted octanol–water partition coefficient (Wildman–Crippen LogP) is 2.96. The van der Waals surface area contributed by atoms with Crippen molar-refractivity contribution in [3.63, 3.8) is 0 Å². The first-order valence-corrected chi connectivity index (χ1v) is 7.07. The Balaban J connectivity index is 2.23. The lowest BCUT2D eigenvalue weighted by molar-refractivity contribution is -0.142. The molecule has 0 saturated carbocycles. The van der Waals surface area contributed by atoms with Gasteiger partial charge in [0.15, 0.2) is 0 Å². The number of rotatable bonds is 3. The summed E-state index contributed by atoms with van der Waals surface area (Å²) in [5, 5.41) is 9.23. The van der Waals surface area contributed by atoms with Crippen LogP contribution in [0.4, 0.5) is 5.69 Å². The van der Waals surface area contributed by atoms with Crippen LogP contribution in [0.15, 0.2) is 24.3 Å². The SMILES string of the molecule is CC(C)(C(=O)O)c1ccc(N2CCCCCC2=O)cc1. The van der Waals surface area contributed by atoms with Crippen LogP contribution in [-0.4, -0.2) is 23.5 Å². The Kier molecular flexibility index (Phi) is 4.12. The van der Waals surface area contributed by atoms with Gasteiger partial charge in [0.25, 0.3) is 0 Å². The fourth-order valence-corrected chi connectivity index (χ4v) is 2.44. The van der Waals surface area contributed by atoms with Crippen molar-refractivity contribution in [2.45, 2.75) is 44.9 Å². The molecular weight excluding hydrogens is 254 g/mol. The van der Waals surface area contributed by atoms with Gasteiger partial charge >= 0.3 is 5.97 Å². The van der Waals surface area contributed by atoms with Gasteiger partial charge in [0.05, 0.1) is 5.41 Å². The predicted molar refractivity (Wildman–Crippen MR) is 77.9 cm³/mol. The second kappa shape index (κ2) is 5.65. The minimum Gasteiger partial charge on any atom is -0.481 e. The van der Waals surface area contributed by atoms with Gasteiger partial charge in [0.2, 0.25) is 5.91 Å². The number of hydrogen-bond donors (Lipinski definition) is 1. The zero-order valence-corrected chi connectivity index (χ0v) is 12.1. The van der Waals surface area contributed by atoms with Crippen LogP contribution in [0.25, 0.3) is 0 Å². The molecule has 20 heavy (non-hydrogen) atoms. The molecule has 0 atom stereocenters. The van der Waals surface area contributed by atoms with E-state index in [0.29, 0.717) is 6.42 Å². The van der Waals surface area contributed by atoms with Gasteiger partial charge in [-0.25, -0.2) is 0 Å². The summed E-state index contributed by atoms with van der Waals surface area (Å²) in [6.07, 6.45) is 3.67. The van der Waals surface area contributed by atoms with E-state index in [0.717, 1.165) is 37.1 Å². The fraction of sp³-hybridized carbons (Fsp3) is 0.500. The van der Waals surface area contributed by atoms with E-state index in [9.17, 15) is 14.7 Å². The smallest absolute Gasteiger partial charge is 0.313 e. The summed E-state index contributed by atoms with van der Waals surface area (Å²) in [5.41, 5.74) is 0.694. The maximum absolute atomic E-state index is 12.0. The van der Waals surface area contributed by atoms with E-state index in [4.69, 9.17) is 0 Å². The quantitative estimate of drug-likeness (QED) is 0.922. The molecule has 0 spiro atoms. The summed E-state index contributed by atoms with van der Waals surface area (Å²) in [4.78, 5) is 25.1. The van der Waals surface area contributed by atoms with E-state index in [1.165, 1.54) is 0 Å². The Bertz CT molecular complexity index is 505. The Morgan fingerprint density at radius 3 is 2.40 bits per heavy atom. The van der Waals surface area contributed by atoms with E-state index >= 15 is 0 Å². The third kappa shape index (κ3) is 2.84. The third-order valence-corrected chi connectivity index (χ3v) is 4.01. The molecule has 0 bridgehead atoms. The Morgan fingerprint density at radius 1 is 1.15 bits per heavy atom. The number of amides is 1. The maximum atomic E-state index is 12.0. The molecule has 1 aliphatic rings. The zero-order valence-electron chi connectivity index (χ0n) is 12.1. The highest BCUT2D eigenvalue weighted by molar-refractivity contribution is 5.93. The van der Waals surface area contributed by atoms with Crippen molar-refractivity contribution in [3.05, 3.63) is 29.8 Å². The molecule has 1 aromatic rings. The van der Waals surface area contributed by atoms with E-state index in [1.807, 2.05) is 29.2 Å². The molecule has 0 aliphatic carbocycles. The first-order valence-electron chi connectivity index (χ1n) is 7.07. The third-order valence-electron chi connectivity index (χ3n) is 4.01. The molecule has 0 aromatic heterocycles. The van der Waals surface area contributed by atoms with Crippen LogP contribution in [0.5, 0.6) is 0 Å². The van der Waals surface area contributed by atoms with Gasteiger partial charge in [0.1, 0.15) is 0 Å². The van der Waals surface area contributed by atoms with Crippen molar-refractivity contribution in [1.82, 2.24) is 0 Å². The number of carbonyl (C=O) groups is 2. The number of benzene rings is 1. The first kappa shape index (κ1) is 14.6. The van der Waals surface area contributed by atoms with Gasteiger partial charge in [-0.05, 0) is 44.4 Å². The molecule has 1 aliphatic heterocycles. The minimum absolute atomic E-state index is 0.160. The van der Waals surface area contributed by atoms with Crippen LogP contribution in [-0.2, 0) is 15.0 Å². The Hall–Kier alpha value is -1.84. The topological polar surface area (TPSA) is 57.6 Å². The van der Waals surface area contributed by atoms with Gasteiger partial charge in [-0.15, -0.1) is 0 Å². The second-order valence-electron chi connectivity index (χ2n) is 5.83. The van der Waals surface area contributed by atoms with Crippen LogP contribution in [0, 0.1) is 0 Å². The normalized spacial score (nSPS) is 16.9. The molecule has 1 heterocycles. The molecule has 1 N–H and O–H groups in total. The van der Waals surface area contributed by atoms with Crippen molar-refractivity contribution >= 4 is 17.6 Å². The molecule has 1 saturated heterocycles. The molecule has 0 radical (unpaired) electrons. The minimum atomic E-state index is -0.915. The van der Waals surface area contributed by atoms with E-state index in [-0.39, 0.29) is 5.91 Å². The second-order valence-corrected chi connectivity index (χ2v) is 5.83. The molecular formula is C16H21NO3. The molecule has 1 amide bonds. The number of anilines is 1. The summed E-state index contributed by atoms with van der Waals surface area (Å²) in [6, 6.07) is 7.32. The van der Waals surface area contributed by atoms with E-state index in [2.05, 4.69) is 0 Å². The Labute approximate surface area is 119 Å². The summed E-state index contributed by atoms with van der Waals surface area (Å²) in [5.74, 6) is -0.691. The van der Waals surface area contributed by atoms with E-state index < -0.39 is 11.4 Å². The summed E-state index contributed by atoms with van der Waals surface area (Å²) >= 11 is 0. The monoisotopic (exact) mass is 275 g/mol. The van der Waals surface area contributed by atoms with Crippen molar-refractivity contribution < 1.29 is 14.7 Å². The van der Waals surface area contributed by atoms with E-state index in [1.54, 1.807) is 13.8 Å². The lowest BCUT2D eigenvalue weighted by Crippen LogP contribution is -2.31. The number of carboxylic acids is 1.